The third kappa shape index (κ3) is 31.7. The number of nitrogens with one attached hydrogen (secondary N) is 2. The fourth-order valence-corrected chi connectivity index (χ4v) is 8.24. The summed E-state index contributed by atoms with van der Waals surface area (Å²) in [7, 11) is 2.59. The highest BCUT2D eigenvalue weighted by Gasteiger charge is 2.17. The van der Waals surface area contributed by atoms with Gasteiger partial charge in [0.25, 0.3) is 11.8 Å². The van der Waals surface area contributed by atoms with E-state index in [1.165, 1.54) is 82.8 Å². The predicted molar refractivity (Wildman–Crippen MR) is 368 cm³/mol. The van der Waals surface area contributed by atoms with Crippen molar-refractivity contribution in [1.82, 2.24) is 9.97 Å². The van der Waals surface area contributed by atoms with Gasteiger partial charge in [-0.2, -0.15) is 0 Å². The maximum absolute atomic E-state index is 12.6. The molecule has 28 heteroatoms. The normalized spacial score (nSPS) is 10.4. The van der Waals surface area contributed by atoms with Gasteiger partial charge >= 0.3 is 41.8 Å². The average molecular weight is 1400 g/mol. The number of carboxylic acids is 3. The zero-order valence-electron chi connectivity index (χ0n) is 58.5. The zero-order chi connectivity index (χ0) is 75.6. The van der Waals surface area contributed by atoms with Gasteiger partial charge in [0.1, 0.15) is 53.6 Å². The lowest BCUT2D eigenvalue weighted by molar-refractivity contribution is -0.143. The summed E-state index contributed by atoms with van der Waals surface area (Å²) in [5, 5.41) is 59.2. The van der Waals surface area contributed by atoms with E-state index in [2.05, 4.69) is 30.1 Å². The number of aromatic carboxylic acids is 3. The van der Waals surface area contributed by atoms with Crippen LogP contribution in [0.2, 0.25) is 0 Å². The van der Waals surface area contributed by atoms with Crippen LogP contribution in [0, 0.1) is 0 Å². The molecular weight excluding hydrogens is 1320 g/mol. The van der Waals surface area contributed by atoms with Crippen molar-refractivity contribution in [3.63, 3.8) is 0 Å². The van der Waals surface area contributed by atoms with E-state index < -0.39 is 53.6 Å². The molecule has 2 heterocycles. The lowest BCUT2D eigenvalue weighted by Crippen LogP contribution is -2.15. The van der Waals surface area contributed by atoms with E-state index in [1.54, 1.807) is 66.7 Å². The molecule has 101 heavy (non-hydrogen) atoms. The third-order valence-electron chi connectivity index (χ3n) is 12.2. The first-order chi connectivity index (χ1) is 47.6. The highest BCUT2D eigenvalue weighted by atomic mass is 16.5. The molecule has 0 aliphatic rings. The summed E-state index contributed by atoms with van der Waals surface area (Å²) in [5.74, 6) is -2.87. The Balaban J connectivity index is 0.000000335. The Hall–Kier alpha value is -11.5. The molecule has 0 bridgehead atoms. The van der Waals surface area contributed by atoms with Crippen molar-refractivity contribution in [3.05, 3.63) is 194 Å². The first kappa shape index (κ1) is 83.7. The zero-order valence-corrected chi connectivity index (χ0v) is 58.5. The molecular formula is C73H86N4O24. The van der Waals surface area contributed by atoms with Crippen LogP contribution >= 0.6 is 0 Å². The van der Waals surface area contributed by atoms with Crippen LogP contribution in [0.4, 0.5) is 11.6 Å². The fourth-order valence-electron chi connectivity index (χ4n) is 8.24. The van der Waals surface area contributed by atoms with Gasteiger partial charge in [-0.3, -0.25) is 19.2 Å². The Morgan fingerprint density at radius 1 is 0.356 bits per heavy atom. The number of rotatable bonds is 26. The number of pyridine rings is 2. The van der Waals surface area contributed by atoms with E-state index in [0.717, 1.165) is 6.20 Å². The number of carbonyl (C=O) groups is 9. The highest BCUT2D eigenvalue weighted by Crippen LogP contribution is 2.25. The maximum Gasteiger partial charge on any atom is 0.339 e. The summed E-state index contributed by atoms with van der Waals surface area (Å²) in [4.78, 5) is 110. The molecule has 0 aliphatic heterocycles. The molecule has 7 aromatic rings. The number of carboxylic acid groups (broad SMARTS) is 3. The van der Waals surface area contributed by atoms with E-state index in [9.17, 15) is 48.3 Å². The molecule has 8 N–H and O–H groups in total. The van der Waals surface area contributed by atoms with E-state index in [4.69, 9.17) is 58.7 Å². The topological polar surface area (TPSA) is 408 Å². The fraction of sp³-hybridized carbons (Fsp3) is 0.329. The van der Waals surface area contributed by atoms with Gasteiger partial charge in [-0.1, -0.05) is 0 Å². The second-order valence-corrected chi connectivity index (χ2v) is 22.9. The summed E-state index contributed by atoms with van der Waals surface area (Å²) >= 11 is 0. The Kier molecular flexibility index (Phi) is 35.1. The quantitative estimate of drug-likeness (QED) is 0.0184. The van der Waals surface area contributed by atoms with Crippen molar-refractivity contribution in [2.75, 3.05) is 24.9 Å². The molecule has 0 fully saturated rings. The van der Waals surface area contributed by atoms with E-state index in [1.807, 2.05) is 69.2 Å². The number of benzene rings is 5. The molecule has 0 radical (unpaired) electrons. The number of nitrogens with zero attached hydrogens (tertiary/aromatic N) is 2. The van der Waals surface area contributed by atoms with Crippen LogP contribution in [0.15, 0.2) is 128 Å². The summed E-state index contributed by atoms with van der Waals surface area (Å²) < 4.78 is 46.6. The van der Waals surface area contributed by atoms with Crippen LogP contribution in [0.5, 0.6) is 28.7 Å². The number of aliphatic hydroxyl groups excluding tert-OH is 3. The number of ether oxygens (including phenoxy) is 9. The largest absolute Gasteiger partial charge is 0.491 e. The molecule has 5 aromatic carbocycles. The van der Waals surface area contributed by atoms with Crippen LogP contribution in [0.1, 0.15) is 183 Å². The van der Waals surface area contributed by atoms with Gasteiger partial charge in [0.2, 0.25) is 0 Å². The number of hydrogen-bond donors (Lipinski definition) is 8. The van der Waals surface area contributed by atoms with Gasteiger partial charge in [-0.15, -0.1) is 0 Å². The maximum atomic E-state index is 12.6. The molecule has 0 unspecified atom stereocenters. The van der Waals surface area contributed by atoms with Crippen molar-refractivity contribution in [2.24, 2.45) is 0 Å². The molecule has 0 spiro atoms. The SMILES string of the molecule is CC(=O)OCc1cc(OC(C)C)cc(C(=O)O)c1.CC(C)Oc1cc(CO)cc(C(=O)Nc2ccc(C(=O)O)cn2)c1.CC(C)Oc1cc(CO)cc(C(=O)O)c1.COC(=O)c1cc(CO)cc(OC(C)C)c1.COC(=O)c1ccc(NC(=O)c2cc(COC(C)=O)cc(OC(C)C)c2)nc1. The number of aliphatic hydroxyl groups is 3. The molecule has 0 atom stereocenters. The summed E-state index contributed by atoms with van der Waals surface area (Å²) in [6.45, 7) is 20.7. The Bertz CT molecular complexity index is 3930. The number of aromatic nitrogens is 2. The number of hydrogen-bond acceptors (Lipinski definition) is 23. The number of carbonyl (C=O) groups excluding carboxylic acids is 6. The van der Waals surface area contributed by atoms with Crippen LogP contribution < -0.4 is 34.3 Å². The summed E-state index contributed by atoms with van der Waals surface area (Å²) in [6.07, 6.45) is 2.24. The number of methoxy groups -OCH3 is 2. The van der Waals surface area contributed by atoms with Gasteiger partial charge < -0.3 is 83.9 Å². The van der Waals surface area contributed by atoms with Gasteiger partial charge in [0.05, 0.1) is 92.4 Å². The van der Waals surface area contributed by atoms with Crippen molar-refractivity contribution in [3.8, 4) is 28.7 Å². The molecule has 7 rings (SSSR count). The molecule has 2 amide bonds. The Morgan fingerprint density at radius 2 is 0.624 bits per heavy atom. The van der Waals surface area contributed by atoms with Crippen molar-refractivity contribution < 1.29 is 116 Å². The van der Waals surface area contributed by atoms with E-state index >= 15 is 0 Å². The molecule has 0 aliphatic carbocycles. The van der Waals surface area contributed by atoms with Gasteiger partial charge in [-0.05, 0) is 212 Å². The Labute approximate surface area is 584 Å². The van der Waals surface area contributed by atoms with Gasteiger partial charge in [0, 0.05) is 37.4 Å². The number of amides is 2. The standard InChI is InChI=1S/C20H22N2O6.C17H18N2O5.C13H16O5.C12H16O4.C11H14O4/c1-12(2)28-17-8-14(11-27-13(3)23)7-16(9-17)19(24)22-18-6-5-15(10-21-18)20(25)26-4;1-10(2)24-14-6-11(9-20)5-13(7-14)16(21)19-15-4-3-12(8-18-15)17(22)23;1-8(2)18-12-5-10(7-17-9(3)14)4-11(6-12)13(15)16;1-8(2)16-11-5-9(7-13)4-10(6-11)12(14)15-3;1-7(2)15-10-4-8(6-12)3-9(5-10)11(13)14/h5-10,12H,11H2,1-4H3,(H,21,22,24);3-8,10,20H,9H2,1-2H3,(H,22,23)(H,18,19,21);4-6,8H,7H2,1-3H3,(H,15,16);4-6,8,13H,7H2,1-3H3;3-5,7,12H,6H2,1-2H3,(H,13,14). The van der Waals surface area contributed by atoms with Crippen LogP contribution in [0.25, 0.3) is 0 Å². The molecule has 542 valence electrons. The van der Waals surface area contributed by atoms with Crippen molar-refractivity contribution in [2.45, 2.75) is 147 Å². The molecule has 28 nitrogen and oxygen atoms in total. The minimum absolute atomic E-state index is 0.0134. The molecule has 0 saturated heterocycles. The van der Waals surface area contributed by atoms with Crippen molar-refractivity contribution >= 4 is 65.2 Å². The van der Waals surface area contributed by atoms with Crippen LogP contribution in [-0.4, -0.2) is 139 Å². The number of anilines is 2. The smallest absolute Gasteiger partial charge is 0.339 e. The van der Waals surface area contributed by atoms with Crippen LogP contribution in [-0.2, 0) is 61.6 Å². The highest BCUT2D eigenvalue weighted by molar-refractivity contribution is 6.05. The lowest BCUT2D eigenvalue weighted by Gasteiger charge is -2.13. The van der Waals surface area contributed by atoms with Gasteiger partial charge in [-0.25, -0.2) is 33.9 Å². The monoisotopic (exact) mass is 1400 g/mol. The minimum Gasteiger partial charge on any atom is -0.491 e. The molecule has 0 saturated carbocycles. The summed E-state index contributed by atoms with van der Waals surface area (Å²) in [5.41, 5.74) is 4.45. The van der Waals surface area contributed by atoms with Crippen molar-refractivity contribution in [1.29, 1.82) is 0 Å². The first-order valence-corrected chi connectivity index (χ1v) is 31.2. The Morgan fingerprint density at radius 3 is 0.911 bits per heavy atom. The predicted octanol–water partition coefficient (Wildman–Crippen LogP) is 10.9. The van der Waals surface area contributed by atoms with E-state index in [-0.39, 0.29) is 97.4 Å². The lowest BCUT2D eigenvalue weighted by atomic mass is 10.1. The van der Waals surface area contributed by atoms with Crippen LogP contribution in [0.3, 0.4) is 0 Å². The third-order valence-corrected chi connectivity index (χ3v) is 12.2. The summed E-state index contributed by atoms with van der Waals surface area (Å²) in [6, 6.07) is 29.4. The number of esters is 4. The first-order valence-electron chi connectivity index (χ1n) is 31.2. The molecule has 2 aromatic heterocycles. The van der Waals surface area contributed by atoms with E-state index in [0.29, 0.717) is 73.3 Å². The second-order valence-electron chi connectivity index (χ2n) is 22.9. The minimum atomic E-state index is -1.09. The average Bonchev–Trinajstić information content (AvgIpc) is 0.877. The second kappa shape index (κ2) is 42.4. The van der Waals surface area contributed by atoms with Gasteiger partial charge in [0.15, 0.2) is 0 Å².